The fourth-order valence-electron chi connectivity index (χ4n) is 1.95. The maximum absolute atomic E-state index is 5.94. The van der Waals surface area contributed by atoms with E-state index in [4.69, 9.17) is 23.2 Å². The third-order valence-corrected chi connectivity index (χ3v) is 3.34. The molecule has 0 aliphatic carbocycles. The number of nitrogens with zero attached hydrogens (tertiary/aromatic N) is 2. The van der Waals surface area contributed by atoms with Crippen LogP contribution >= 0.6 is 35.6 Å². The van der Waals surface area contributed by atoms with Crippen molar-refractivity contribution in [3.63, 3.8) is 0 Å². The van der Waals surface area contributed by atoms with Crippen molar-refractivity contribution in [1.82, 2.24) is 9.55 Å². The Morgan fingerprint density at radius 1 is 0.947 bits per heavy atom. The van der Waals surface area contributed by atoms with Crippen LogP contribution in [0.5, 0.6) is 0 Å². The Balaban J connectivity index is 0.00000133. The summed E-state index contributed by atoms with van der Waals surface area (Å²) < 4.78 is 2.09. The van der Waals surface area contributed by atoms with Crippen LogP contribution in [-0.2, 0) is 6.54 Å². The standard InChI is InChI=1S/C14H10Cl2N2.ClH/c15-11-3-1-10(2-4-11)8-18-9-17-13-7-12(16)5-6-14(13)18;/h1-7,9H,8H2;1H. The van der Waals surface area contributed by atoms with Crippen LogP contribution in [0, 0.1) is 0 Å². The highest BCUT2D eigenvalue weighted by molar-refractivity contribution is 6.31. The highest BCUT2D eigenvalue weighted by atomic mass is 35.5. The van der Waals surface area contributed by atoms with Gasteiger partial charge in [0.05, 0.1) is 17.4 Å². The summed E-state index contributed by atoms with van der Waals surface area (Å²) in [6.07, 6.45) is 1.83. The van der Waals surface area contributed by atoms with Gasteiger partial charge in [-0.1, -0.05) is 35.3 Å². The zero-order valence-electron chi connectivity index (χ0n) is 9.88. The molecule has 0 N–H and O–H groups in total. The van der Waals surface area contributed by atoms with Gasteiger partial charge in [0.25, 0.3) is 0 Å². The van der Waals surface area contributed by atoms with E-state index in [-0.39, 0.29) is 12.4 Å². The van der Waals surface area contributed by atoms with Gasteiger partial charge in [-0.05, 0) is 35.9 Å². The van der Waals surface area contributed by atoms with Crippen LogP contribution < -0.4 is 0 Å². The summed E-state index contributed by atoms with van der Waals surface area (Å²) in [4.78, 5) is 4.35. The van der Waals surface area contributed by atoms with Gasteiger partial charge in [-0.25, -0.2) is 4.98 Å². The molecule has 1 heterocycles. The minimum absolute atomic E-state index is 0. The second-order valence-electron chi connectivity index (χ2n) is 4.13. The van der Waals surface area contributed by atoms with Crippen LogP contribution in [0.15, 0.2) is 48.8 Å². The van der Waals surface area contributed by atoms with Crippen molar-refractivity contribution < 1.29 is 0 Å². The lowest BCUT2D eigenvalue weighted by molar-refractivity contribution is 0.824. The molecule has 0 unspecified atom stereocenters. The van der Waals surface area contributed by atoms with Crippen molar-refractivity contribution in [2.24, 2.45) is 0 Å². The number of hydrogen-bond donors (Lipinski definition) is 0. The second kappa shape index (κ2) is 5.83. The molecular formula is C14H11Cl3N2. The molecule has 0 saturated heterocycles. The molecule has 5 heteroatoms. The van der Waals surface area contributed by atoms with E-state index in [1.54, 1.807) is 0 Å². The van der Waals surface area contributed by atoms with Crippen molar-refractivity contribution in [1.29, 1.82) is 0 Å². The van der Waals surface area contributed by atoms with Crippen molar-refractivity contribution >= 4 is 46.6 Å². The Labute approximate surface area is 127 Å². The first-order valence-electron chi connectivity index (χ1n) is 5.57. The Kier molecular flexibility index (Phi) is 4.35. The molecule has 0 amide bonds. The highest BCUT2D eigenvalue weighted by Crippen LogP contribution is 2.19. The van der Waals surface area contributed by atoms with Gasteiger partial charge in [0.1, 0.15) is 0 Å². The molecule has 3 aromatic rings. The van der Waals surface area contributed by atoms with E-state index >= 15 is 0 Å². The van der Waals surface area contributed by atoms with Crippen molar-refractivity contribution in [3.05, 3.63) is 64.4 Å². The average molecular weight is 314 g/mol. The van der Waals surface area contributed by atoms with Gasteiger partial charge >= 0.3 is 0 Å². The molecule has 2 aromatic carbocycles. The second-order valence-corrected chi connectivity index (χ2v) is 5.00. The summed E-state index contributed by atoms with van der Waals surface area (Å²) in [6.45, 7) is 0.773. The van der Waals surface area contributed by atoms with Gasteiger partial charge in [-0.2, -0.15) is 0 Å². The molecule has 0 radical (unpaired) electrons. The smallest absolute Gasteiger partial charge is 0.0961 e. The summed E-state index contributed by atoms with van der Waals surface area (Å²) in [5.41, 5.74) is 3.18. The molecule has 0 bridgehead atoms. The van der Waals surface area contributed by atoms with E-state index in [9.17, 15) is 0 Å². The Morgan fingerprint density at radius 2 is 1.63 bits per heavy atom. The van der Waals surface area contributed by atoms with Gasteiger partial charge in [0.15, 0.2) is 0 Å². The van der Waals surface area contributed by atoms with E-state index in [0.717, 1.165) is 22.6 Å². The number of rotatable bonds is 2. The third-order valence-electron chi connectivity index (χ3n) is 2.85. The molecule has 1 aromatic heterocycles. The third kappa shape index (κ3) is 3.03. The van der Waals surface area contributed by atoms with Crippen LogP contribution in [0.25, 0.3) is 11.0 Å². The molecule has 0 atom stereocenters. The molecular weight excluding hydrogens is 303 g/mol. The van der Waals surface area contributed by atoms with E-state index in [2.05, 4.69) is 9.55 Å². The molecule has 19 heavy (non-hydrogen) atoms. The number of aromatic nitrogens is 2. The van der Waals surface area contributed by atoms with Crippen molar-refractivity contribution in [3.8, 4) is 0 Å². The maximum Gasteiger partial charge on any atom is 0.0961 e. The summed E-state index contributed by atoms with van der Waals surface area (Å²) in [6, 6.07) is 13.6. The predicted octanol–water partition coefficient (Wildman–Crippen LogP) is 4.81. The van der Waals surface area contributed by atoms with Crippen LogP contribution in [0.4, 0.5) is 0 Å². The lowest BCUT2D eigenvalue weighted by Gasteiger charge is -2.04. The van der Waals surface area contributed by atoms with Crippen LogP contribution in [0.1, 0.15) is 5.56 Å². The normalized spacial score (nSPS) is 10.4. The van der Waals surface area contributed by atoms with Crippen molar-refractivity contribution in [2.75, 3.05) is 0 Å². The van der Waals surface area contributed by atoms with Crippen LogP contribution in [0.3, 0.4) is 0 Å². The summed E-state index contributed by atoms with van der Waals surface area (Å²) >= 11 is 11.8. The van der Waals surface area contributed by atoms with Gasteiger partial charge < -0.3 is 4.57 Å². The van der Waals surface area contributed by atoms with E-state index < -0.39 is 0 Å². The van der Waals surface area contributed by atoms with Gasteiger partial charge in [-0.15, -0.1) is 12.4 Å². The summed E-state index contributed by atoms with van der Waals surface area (Å²) in [5, 5.41) is 1.46. The Hall–Kier alpha value is -1.22. The molecule has 0 fully saturated rings. The topological polar surface area (TPSA) is 17.8 Å². The number of benzene rings is 2. The highest BCUT2D eigenvalue weighted by Gasteiger charge is 2.03. The Morgan fingerprint density at radius 3 is 2.37 bits per heavy atom. The molecule has 0 saturated carbocycles. The summed E-state index contributed by atoms with van der Waals surface area (Å²) in [5.74, 6) is 0. The lowest BCUT2D eigenvalue weighted by Crippen LogP contribution is -1.97. The number of hydrogen-bond acceptors (Lipinski definition) is 1. The van der Waals surface area contributed by atoms with Gasteiger partial charge in [0, 0.05) is 16.6 Å². The molecule has 0 spiro atoms. The number of fused-ring (bicyclic) bond motifs is 1. The van der Waals surface area contributed by atoms with Crippen molar-refractivity contribution in [2.45, 2.75) is 6.54 Å². The average Bonchev–Trinajstić information content (AvgIpc) is 2.74. The largest absolute Gasteiger partial charge is 0.326 e. The molecule has 98 valence electrons. The molecule has 2 nitrogen and oxygen atoms in total. The van der Waals surface area contributed by atoms with Gasteiger partial charge in [-0.3, -0.25) is 0 Å². The molecule has 3 rings (SSSR count). The van der Waals surface area contributed by atoms with Crippen LogP contribution in [0.2, 0.25) is 10.0 Å². The zero-order valence-corrected chi connectivity index (χ0v) is 12.2. The number of imidazole rings is 1. The predicted molar refractivity (Wildman–Crippen MR) is 82.5 cm³/mol. The lowest BCUT2D eigenvalue weighted by atomic mass is 10.2. The minimum atomic E-state index is 0. The van der Waals surface area contributed by atoms with E-state index in [1.165, 1.54) is 5.56 Å². The monoisotopic (exact) mass is 312 g/mol. The minimum Gasteiger partial charge on any atom is -0.326 e. The van der Waals surface area contributed by atoms with E-state index in [0.29, 0.717) is 5.02 Å². The number of halogens is 3. The quantitative estimate of drug-likeness (QED) is 0.663. The first-order valence-corrected chi connectivity index (χ1v) is 6.33. The first-order chi connectivity index (χ1) is 8.72. The zero-order chi connectivity index (χ0) is 12.5. The summed E-state index contributed by atoms with van der Waals surface area (Å²) in [7, 11) is 0. The molecule has 0 aliphatic heterocycles. The Bertz CT molecular complexity index is 689. The maximum atomic E-state index is 5.94. The fourth-order valence-corrected chi connectivity index (χ4v) is 2.24. The fraction of sp³-hybridized carbons (Fsp3) is 0.0714. The van der Waals surface area contributed by atoms with E-state index in [1.807, 2.05) is 48.8 Å². The van der Waals surface area contributed by atoms with Gasteiger partial charge in [0.2, 0.25) is 0 Å². The first kappa shape index (κ1) is 14.2. The van der Waals surface area contributed by atoms with Crippen LogP contribution in [-0.4, -0.2) is 9.55 Å². The molecule has 0 aliphatic rings. The SMILES string of the molecule is Cl.Clc1ccc(Cn2cnc3cc(Cl)ccc32)cc1.